The summed E-state index contributed by atoms with van der Waals surface area (Å²) in [6, 6.07) is 7.19. The number of benzene rings is 2. The molecule has 0 aromatic heterocycles. The van der Waals surface area contributed by atoms with Gasteiger partial charge in [-0.25, -0.2) is 4.79 Å². The molecule has 0 radical (unpaired) electrons. The van der Waals surface area contributed by atoms with Gasteiger partial charge >= 0.3 is 5.97 Å². The SMILES string of the molecule is Cc1cc(C(=O)NC(=S)Nc2c(I)cc(I)cc2C(=O)O)ccc1[N+](=O)[O-]. The molecule has 0 fully saturated rings. The summed E-state index contributed by atoms with van der Waals surface area (Å²) in [6.45, 7) is 1.53. The predicted octanol–water partition coefficient (Wildman–Crippen LogP) is 3.94. The number of halogens is 2. The number of rotatable bonds is 4. The lowest BCUT2D eigenvalue weighted by molar-refractivity contribution is -0.385. The Morgan fingerprint density at radius 2 is 1.89 bits per heavy atom. The maximum absolute atomic E-state index is 12.3. The average molecular weight is 611 g/mol. The summed E-state index contributed by atoms with van der Waals surface area (Å²) >= 11 is 9.08. The van der Waals surface area contributed by atoms with E-state index in [1.165, 1.54) is 31.2 Å². The van der Waals surface area contributed by atoms with E-state index >= 15 is 0 Å². The number of carboxylic acid groups (broad SMARTS) is 1. The highest BCUT2D eigenvalue weighted by molar-refractivity contribution is 14.1. The molecule has 0 atom stereocenters. The van der Waals surface area contributed by atoms with Crippen molar-refractivity contribution in [3.8, 4) is 0 Å². The molecule has 0 heterocycles. The van der Waals surface area contributed by atoms with E-state index in [0.29, 0.717) is 9.13 Å². The number of anilines is 1. The molecule has 0 spiro atoms. The number of hydrogen-bond acceptors (Lipinski definition) is 5. The fourth-order valence-electron chi connectivity index (χ4n) is 2.19. The highest BCUT2D eigenvalue weighted by Gasteiger charge is 2.18. The molecule has 140 valence electrons. The number of thiocarbonyl (C=S) groups is 1. The van der Waals surface area contributed by atoms with Gasteiger partial charge in [0.05, 0.1) is 16.2 Å². The summed E-state index contributed by atoms with van der Waals surface area (Å²) in [7, 11) is 0. The van der Waals surface area contributed by atoms with E-state index in [4.69, 9.17) is 12.2 Å². The lowest BCUT2D eigenvalue weighted by atomic mass is 10.1. The van der Waals surface area contributed by atoms with Gasteiger partial charge in [-0.15, -0.1) is 0 Å². The van der Waals surface area contributed by atoms with Crippen molar-refractivity contribution in [2.45, 2.75) is 6.92 Å². The fourth-order valence-corrected chi connectivity index (χ4v) is 4.37. The smallest absolute Gasteiger partial charge is 0.337 e. The first-order chi connectivity index (χ1) is 12.6. The van der Waals surface area contributed by atoms with Crippen LogP contribution in [0, 0.1) is 24.2 Å². The van der Waals surface area contributed by atoms with Crippen LogP contribution in [-0.2, 0) is 0 Å². The van der Waals surface area contributed by atoms with Crippen LogP contribution in [0.15, 0.2) is 30.3 Å². The van der Waals surface area contributed by atoms with Crippen molar-refractivity contribution in [2.24, 2.45) is 0 Å². The van der Waals surface area contributed by atoms with E-state index in [-0.39, 0.29) is 27.6 Å². The third-order valence-corrected chi connectivity index (χ3v) is 5.08. The number of nitro groups is 1. The number of hydrogen-bond donors (Lipinski definition) is 3. The van der Waals surface area contributed by atoms with Crippen LogP contribution in [0.3, 0.4) is 0 Å². The molecule has 1 amide bonds. The molecular formula is C16H11I2N3O5S. The maximum Gasteiger partial charge on any atom is 0.337 e. The Morgan fingerprint density at radius 3 is 2.44 bits per heavy atom. The minimum Gasteiger partial charge on any atom is -0.478 e. The molecule has 0 aliphatic heterocycles. The maximum atomic E-state index is 12.3. The van der Waals surface area contributed by atoms with Crippen molar-refractivity contribution in [1.29, 1.82) is 0 Å². The van der Waals surface area contributed by atoms with Gasteiger partial charge in [0.25, 0.3) is 11.6 Å². The van der Waals surface area contributed by atoms with Gasteiger partial charge in [0.1, 0.15) is 0 Å². The number of nitrogens with zero attached hydrogens (tertiary/aromatic N) is 1. The Hall–Kier alpha value is -1.87. The van der Waals surface area contributed by atoms with Crippen molar-refractivity contribution in [1.82, 2.24) is 5.32 Å². The second kappa shape index (κ2) is 8.88. The van der Waals surface area contributed by atoms with Crippen molar-refractivity contribution < 1.29 is 19.6 Å². The zero-order valence-corrected chi connectivity index (χ0v) is 18.7. The summed E-state index contributed by atoms with van der Waals surface area (Å²) in [4.78, 5) is 34.1. The van der Waals surface area contributed by atoms with Gasteiger partial charge < -0.3 is 10.4 Å². The van der Waals surface area contributed by atoms with Gasteiger partial charge in [0, 0.05) is 24.3 Å². The normalized spacial score (nSPS) is 10.2. The number of carbonyl (C=O) groups excluding carboxylic acids is 1. The number of nitro benzene ring substituents is 1. The van der Waals surface area contributed by atoms with E-state index < -0.39 is 16.8 Å². The molecule has 0 bridgehead atoms. The van der Waals surface area contributed by atoms with Crippen LogP contribution in [0.4, 0.5) is 11.4 Å². The summed E-state index contributed by atoms with van der Waals surface area (Å²) in [6.07, 6.45) is 0. The van der Waals surface area contributed by atoms with Crippen molar-refractivity contribution >= 4 is 85.8 Å². The molecule has 11 heteroatoms. The van der Waals surface area contributed by atoms with Crippen molar-refractivity contribution in [2.75, 3.05) is 5.32 Å². The summed E-state index contributed by atoms with van der Waals surface area (Å²) < 4.78 is 1.37. The lowest BCUT2D eigenvalue weighted by Gasteiger charge is -2.14. The molecule has 8 nitrogen and oxygen atoms in total. The zero-order chi connectivity index (χ0) is 20.3. The van der Waals surface area contributed by atoms with Gasteiger partial charge in [-0.1, -0.05) is 0 Å². The van der Waals surface area contributed by atoms with Gasteiger partial charge in [0.15, 0.2) is 5.11 Å². The first-order valence-electron chi connectivity index (χ1n) is 7.20. The van der Waals surface area contributed by atoms with Crippen LogP contribution in [0.5, 0.6) is 0 Å². The standard InChI is InChI=1S/C16H11I2N3O5S/c1-7-4-8(2-3-12(7)21(25)26)14(22)20-16(27)19-13-10(15(23)24)5-9(17)6-11(13)18/h2-6H,1H3,(H,23,24)(H2,19,20,22,27). The molecule has 0 saturated heterocycles. The van der Waals surface area contributed by atoms with Crippen LogP contribution in [0.2, 0.25) is 0 Å². The van der Waals surface area contributed by atoms with E-state index in [2.05, 4.69) is 10.6 Å². The molecule has 0 saturated carbocycles. The molecule has 0 aliphatic carbocycles. The number of nitrogens with one attached hydrogen (secondary N) is 2. The molecular weight excluding hydrogens is 600 g/mol. The fraction of sp³-hybridized carbons (Fsp3) is 0.0625. The molecule has 2 aromatic carbocycles. The Labute approximate surface area is 186 Å². The summed E-state index contributed by atoms with van der Waals surface area (Å²) in [5, 5.41) is 25.3. The third-order valence-electron chi connectivity index (χ3n) is 3.41. The summed E-state index contributed by atoms with van der Waals surface area (Å²) in [5.74, 6) is -1.70. The molecule has 2 aromatic rings. The Balaban J connectivity index is 2.19. The first kappa shape index (κ1) is 21.4. The minimum absolute atomic E-state index is 0.0223. The van der Waals surface area contributed by atoms with Crippen LogP contribution in [-0.4, -0.2) is 27.0 Å². The number of aryl methyl sites for hydroxylation is 1. The Kier molecular flexibility index (Phi) is 7.05. The van der Waals surface area contributed by atoms with E-state index in [1.54, 1.807) is 6.07 Å². The predicted molar refractivity (Wildman–Crippen MR) is 120 cm³/mol. The molecule has 0 unspecified atom stereocenters. The van der Waals surface area contributed by atoms with Crippen LogP contribution < -0.4 is 10.6 Å². The molecule has 27 heavy (non-hydrogen) atoms. The zero-order valence-electron chi connectivity index (χ0n) is 13.6. The van der Waals surface area contributed by atoms with E-state index in [1.807, 2.05) is 45.2 Å². The number of aromatic carboxylic acids is 1. The number of carboxylic acids is 1. The largest absolute Gasteiger partial charge is 0.478 e. The van der Waals surface area contributed by atoms with Gasteiger partial charge in [0.2, 0.25) is 0 Å². The Morgan fingerprint density at radius 1 is 1.22 bits per heavy atom. The molecule has 0 aliphatic rings. The number of amides is 1. The monoisotopic (exact) mass is 611 g/mol. The van der Waals surface area contributed by atoms with Crippen LogP contribution in [0.25, 0.3) is 0 Å². The van der Waals surface area contributed by atoms with Gasteiger partial charge in [-0.05, 0) is 88.6 Å². The topological polar surface area (TPSA) is 122 Å². The quantitative estimate of drug-likeness (QED) is 0.208. The van der Waals surface area contributed by atoms with E-state index in [9.17, 15) is 24.8 Å². The van der Waals surface area contributed by atoms with Crippen LogP contribution in [0.1, 0.15) is 26.3 Å². The number of carbonyl (C=O) groups is 2. The average Bonchev–Trinajstić information content (AvgIpc) is 2.56. The van der Waals surface area contributed by atoms with E-state index in [0.717, 1.165) is 3.57 Å². The van der Waals surface area contributed by atoms with Crippen molar-refractivity contribution in [3.05, 3.63) is 64.3 Å². The van der Waals surface area contributed by atoms with Crippen molar-refractivity contribution in [3.63, 3.8) is 0 Å². The van der Waals surface area contributed by atoms with Gasteiger partial charge in [-0.3, -0.25) is 20.2 Å². The minimum atomic E-state index is -1.13. The first-order valence-corrected chi connectivity index (χ1v) is 9.76. The second-order valence-corrected chi connectivity index (χ2v) is 8.10. The highest BCUT2D eigenvalue weighted by atomic mass is 127. The lowest BCUT2D eigenvalue weighted by Crippen LogP contribution is -2.34. The van der Waals surface area contributed by atoms with Crippen LogP contribution >= 0.6 is 57.4 Å². The summed E-state index contributed by atoms with van der Waals surface area (Å²) in [5.41, 5.74) is 0.736. The molecule has 2 rings (SSSR count). The third kappa shape index (κ3) is 5.32. The Bertz CT molecular complexity index is 981. The second-order valence-electron chi connectivity index (χ2n) is 5.28. The highest BCUT2D eigenvalue weighted by Crippen LogP contribution is 2.26. The molecule has 3 N–H and O–H groups in total. The van der Waals surface area contributed by atoms with Gasteiger partial charge in [-0.2, -0.15) is 0 Å².